The molecule has 0 aliphatic carbocycles. The quantitative estimate of drug-likeness (QED) is 0.831. The maximum absolute atomic E-state index is 10.5. The van der Waals surface area contributed by atoms with E-state index in [4.69, 9.17) is 9.84 Å². The van der Waals surface area contributed by atoms with E-state index in [0.29, 0.717) is 12.4 Å². The van der Waals surface area contributed by atoms with Crippen LogP contribution in [-0.2, 0) is 11.4 Å². The van der Waals surface area contributed by atoms with E-state index in [1.807, 2.05) is 35.7 Å². The van der Waals surface area contributed by atoms with Gasteiger partial charge in [0, 0.05) is 16.1 Å². The monoisotopic (exact) mass is 338 g/mol. The Morgan fingerprint density at radius 3 is 2.84 bits per heavy atom. The van der Waals surface area contributed by atoms with Gasteiger partial charge in [-0.2, -0.15) is 0 Å². The van der Waals surface area contributed by atoms with Gasteiger partial charge in [-0.3, -0.25) is 0 Å². The summed E-state index contributed by atoms with van der Waals surface area (Å²) in [7, 11) is 0. The Morgan fingerprint density at radius 2 is 2.16 bits per heavy atom. The molecular weight excluding hydrogens is 328 g/mol. The van der Waals surface area contributed by atoms with E-state index in [1.54, 1.807) is 11.3 Å². The van der Waals surface area contributed by atoms with E-state index < -0.39 is 5.97 Å². The highest BCUT2D eigenvalue weighted by Gasteiger charge is 2.04. The second kappa shape index (κ2) is 6.54. The summed E-state index contributed by atoms with van der Waals surface area (Å²) in [5.74, 6) is -0.309. The van der Waals surface area contributed by atoms with Gasteiger partial charge in [-0.15, -0.1) is 11.3 Å². The number of carbonyl (C=O) groups is 1. The molecule has 1 N–H and O–H groups in total. The maximum atomic E-state index is 10.5. The fourth-order valence-corrected chi connectivity index (χ4v) is 2.86. The van der Waals surface area contributed by atoms with Crippen LogP contribution in [0.1, 0.15) is 10.4 Å². The van der Waals surface area contributed by atoms with Gasteiger partial charge in [0.15, 0.2) is 0 Å². The summed E-state index contributed by atoms with van der Waals surface area (Å²) >= 11 is 5.06. The first-order valence-corrected chi connectivity index (χ1v) is 7.19. The number of benzene rings is 1. The zero-order valence-electron chi connectivity index (χ0n) is 9.88. The predicted molar refractivity (Wildman–Crippen MR) is 79.5 cm³/mol. The molecule has 0 saturated heterocycles. The van der Waals surface area contributed by atoms with Crippen molar-refractivity contribution in [1.82, 2.24) is 0 Å². The van der Waals surface area contributed by atoms with Gasteiger partial charge in [-0.1, -0.05) is 18.2 Å². The van der Waals surface area contributed by atoms with Gasteiger partial charge >= 0.3 is 5.97 Å². The molecule has 0 spiro atoms. The summed E-state index contributed by atoms with van der Waals surface area (Å²) in [6.45, 7) is 0.455. The largest absolute Gasteiger partial charge is 0.487 e. The third-order valence-electron chi connectivity index (χ3n) is 2.37. The fraction of sp³-hybridized carbons (Fsp3) is 0.0714. The van der Waals surface area contributed by atoms with Gasteiger partial charge in [-0.05, 0) is 39.5 Å². The van der Waals surface area contributed by atoms with E-state index in [1.165, 1.54) is 6.08 Å². The van der Waals surface area contributed by atoms with Crippen LogP contribution in [0.3, 0.4) is 0 Å². The number of carboxylic acids is 1. The predicted octanol–water partition coefficient (Wildman–Crippen LogP) is 4.19. The summed E-state index contributed by atoms with van der Waals surface area (Å²) < 4.78 is 6.76. The highest BCUT2D eigenvalue weighted by molar-refractivity contribution is 9.10. The minimum absolute atomic E-state index is 0.455. The van der Waals surface area contributed by atoms with Crippen LogP contribution in [0, 0.1) is 0 Å². The Kier molecular flexibility index (Phi) is 4.76. The molecule has 1 heterocycles. The highest BCUT2D eigenvalue weighted by atomic mass is 79.9. The molecule has 0 aliphatic heterocycles. The van der Waals surface area contributed by atoms with Crippen molar-refractivity contribution in [2.75, 3.05) is 0 Å². The third-order valence-corrected chi connectivity index (χ3v) is 4.27. The lowest BCUT2D eigenvalue weighted by molar-refractivity contribution is -0.131. The normalized spacial score (nSPS) is 10.8. The second-order valence-corrected chi connectivity index (χ2v) is 5.54. The van der Waals surface area contributed by atoms with Crippen LogP contribution >= 0.6 is 27.3 Å². The molecule has 0 atom stereocenters. The maximum Gasteiger partial charge on any atom is 0.328 e. The van der Waals surface area contributed by atoms with Crippen molar-refractivity contribution in [2.24, 2.45) is 0 Å². The Bertz CT molecular complexity index is 604. The average molecular weight is 339 g/mol. The van der Waals surface area contributed by atoms with Crippen LogP contribution in [0.15, 0.2) is 46.3 Å². The van der Waals surface area contributed by atoms with Crippen molar-refractivity contribution < 1.29 is 14.6 Å². The number of rotatable bonds is 5. The molecule has 2 aromatic rings. The first kappa shape index (κ1) is 13.8. The van der Waals surface area contributed by atoms with E-state index >= 15 is 0 Å². The van der Waals surface area contributed by atoms with Gasteiger partial charge in [0.05, 0.1) is 4.88 Å². The smallest absolute Gasteiger partial charge is 0.328 e. The first-order valence-electron chi connectivity index (χ1n) is 5.51. The molecule has 3 nitrogen and oxygen atoms in total. The number of carboxylic acid groups (broad SMARTS) is 1. The molecule has 2 rings (SSSR count). The average Bonchev–Trinajstić information content (AvgIpc) is 2.80. The van der Waals surface area contributed by atoms with Crippen LogP contribution in [0.4, 0.5) is 0 Å². The van der Waals surface area contributed by atoms with Crippen LogP contribution in [-0.4, -0.2) is 11.1 Å². The lowest BCUT2D eigenvalue weighted by Crippen LogP contribution is -1.95. The number of thiophene rings is 1. The van der Waals surface area contributed by atoms with Gasteiger partial charge in [0.2, 0.25) is 0 Å². The molecule has 0 unspecified atom stereocenters. The van der Waals surface area contributed by atoms with Crippen LogP contribution in [0.5, 0.6) is 5.75 Å². The second-order valence-electron chi connectivity index (χ2n) is 3.69. The molecule has 0 aliphatic rings. The fourth-order valence-electron chi connectivity index (χ4n) is 1.48. The lowest BCUT2D eigenvalue weighted by Gasteiger charge is -2.08. The molecule has 0 bridgehead atoms. The van der Waals surface area contributed by atoms with Crippen molar-refractivity contribution in [2.45, 2.75) is 6.61 Å². The van der Waals surface area contributed by atoms with Crippen molar-refractivity contribution in [3.63, 3.8) is 0 Å². The summed E-state index contributed by atoms with van der Waals surface area (Å²) in [4.78, 5) is 11.6. The molecular formula is C14H11BrO3S. The molecule has 0 fully saturated rings. The zero-order valence-corrected chi connectivity index (χ0v) is 12.3. The number of para-hydroxylation sites is 1. The molecule has 98 valence electrons. The van der Waals surface area contributed by atoms with Crippen molar-refractivity contribution in [1.29, 1.82) is 0 Å². The molecule has 5 heteroatoms. The van der Waals surface area contributed by atoms with Crippen LogP contribution in [0.2, 0.25) is 0 Å². The van der Waals surface area contributed by atoms with E-state index in [9.17, 15) is 4.79 Å². The first-order chi connectivity index (χ1) is 9.16. The number of hydrogen-bond donors (Lipinski definition) is 1. The number of hydrogen-bond acceptors (Lipinski definition) is 3. The molecule has 1 aromatic carbocycles. The highest BCUT2D eigenvalue weighted by Crippen LogP contribution is 2.26. The summed E-state index contributed by atoms with van der Waals surface area (Å²) in [6.07, 6.45) is 2.63. The summed E-state index contributed by atoms with van der Waals surface area (Å²) in [5, 5.41) is 10.6. The number of aliphatic carboxylic acids is 1. The Labute approximate surface area is 123 Å². The van der Waals surface area contributed by atoms with Crippen molar-refractivity contribution in [3.8, 4) is 5.75 Å². The molecule has 1 aromatic heterocycles. The molecule has 19 heavy (non-hydrogen) atoms. The molecule has 0 saturated carbocycles. The van der Waals surface area contributed by atoms with Crippen LogP contribution in [0.25, 0.3) is 6.08 Å². The van der Waals surface area contributed by atoms with E-state index in [-0.39, 0.29) is 0 Å². The third kappa shape index (κ3) is 3.94. The lowest BCUT2D eigenvalue weighted by atomic mass is 10.2. The standard InChI is InChI=1S/C14H11BrO3S/c15-11-7-8-19-13(11)9-18-12-4-2-1-3-10(12)5-6-14(16)17/h1-8H,9H2,(H,16,17)/b6-5+. The van der Waals surface area contributed by atoms with Gasteiger partial charge < -0.3 is 9.84 Å². The summed E-state index contributed by atoms with van der Waals surface area (Å²) in [5.41, 5.74) is 0.748. The number of ether oxygens (including phenoxy) is 1. The SMILES string of the molecule is O=C(O)/C=C/c1ccccc1OCc1sccc1Br. The Hall–Kier alpha value is -1.59. The molecule has 0 amide bonds. The van der Waals surface area contributed by atoms with E-state index in [0.717, 1.165) is 21.0 Å². The van der Waals surface area contributed by atoms with Crippen molar-refractivity contribution in [3.05, 3.63) is 56.7 Å². The minimum Gasteiger partial charge on any atom is -0.487 e. The minimum atomic E-state index is -0.976. The Balaban J connectivity index is 2.12. The topological polar surface area (TPSA) is 46.5 Å². The van der Waals surface area contributed by atoms with Crippen LogP contribution < -0.4 is 4.74 Å². The van der Waals surface area contributed by atoms with E-state index in [2.05, 4.69) is 15.9 Å². The van der Waals surface area contributed by atoms with Crippen molar-refractivity contribution >= 4 is 39.3 Å². The summed E-state index contributed by atoms with van der Waals surface area (Å²) in [6, 6.07) is 9.31. The zero-order chi connectivity index (χ0) is 13.7. The van der Waals surface area contributed by atoms with Gasteiger partial charge in [0.1, 0.15) is 12.4 Å². The number of halogens is 1. The Morgan fingerprint density at radius 1 is 1.37 bits per heavy atom. The van der Waals surface area contributed by atoms with Gasteiger partial charge in [0.25, 0.3) is 0 Å². The molecule has 0 radical (unpaired) electrons. The van der Waals surface area contributed by atoms with Gasteiger partial charge in [-0.25, -0.2) is 4.79 Å².